The number of rotatable bonds is 3. The topological polar surface area (TPSA) is 118 Å². The summed E-state index contributed by atoms with van der Waals surface area (Å²) in [7, 11) is -9.79. The molecule has 2 aromatic carbocycles. The number of nitrogens with zero attached hydrogens (tertiary/aromatic N) is 1. The highest BCUT2D eigenvalue weighted by molar-refractivity contribution is 7.86. The smallest absolute Gasteiger partial charge is 0.125 e. The van der Waals surface area contributed by atoms with E-state index in [0.29, 0.717) is 6.07 Å². The molecule has 0 unspecified atom stereocenters. The Morgan fingerprint density at radius 1 is 0.870 bits per heavy atom. The van der Waals surface area contributed by atoms with Gasteiger partial charge in [-0.05, 0) is 47.9 Å². The maximum Gasteiger partial charge on any atom is 0.125 e. The second kappa shape index (κ2) is 5.45. The number of hydrogen-bond acceptors (Lipinski definition) is 7. The monoisotopic (exact) mass is 355 g/mol. The van der Waals surface area contributed by atoms with Crippen LogP contribution in [0.25, 0.3) is 10.8 Å². The molecule has 23 heavy (non-hydrogen) atoms. The van der Waals surface area contributed by atoms with Crippen LogP contribution in [-0.4, -0.2) is 39.0 Å². The first-order valence-electron chi connectivity index (χ1n) is 6.91. The van der Waals surface area contributed by atoms with E-state index in [2.05, 4.69) is 4.90 Å². The first-order valence-corrected chi connectivity index (χ1v) is 9.72. The van der Waals surface area contributed by atoms with E-state index in [0.717, 1.165) is 37.7 Å². The second-order valence-corrected chi connectivity index (χ2v) is 8.16. The van der Waals surface area contributed by atoms with Crippen molar-refractivity contribution in [3.63, 3.8) is 0 Å². The van der Waals surface area contributed by atoms with Crippen molar-refractivity contribution in [3.8, 4) is 0 Å². The standard InChI is InChI=1S/C14H15NO6S2/c16-22(17,18)12-8-10-7-11(15-5-1-2-6-15)3-4-13(10)14(9-12)23(19,20)21/h3-4,7-9H,1-2,5-6H2,(H,16,17,18)(H,19,20,21)/p-2. The van der Waals surface area contributed by atoms with Gasteiger partial charge >= 0.3 is 0 Å². The number of anilines is 1. The van der Waals surface area contributed by atoms with Crippen LogP contribution in [0.1, 0.15) is 12.8 Å². The van der Waals surface area contributed by atoms with Gasteiger partial charge in [0, 0.05) is 18.8 Å². The fourth-order valence-corrected chi connectivity index (χ4v) is 4.15. The predicted molar refractivity (Wildman–Crippen MR) is 81.3 cm³/mol. The van der Waals surface area contributed by atoms with Gasteiger partial charge in [0.05, 0.1) is 9.79 Å². The molecule has 9 heteroatoms. The third-order valence-electron chi connectivity index (χ3n) is 3.90. The fourth-order valence-electron chi connectivity index (χ4n) is 2.82. The highest BCUT2D eigenvalue weighted by Crippen LogP contribution is 2.31. The first-order chi connectivity index (χ1) is 10.7. The van der Waals surface area contributed by atoms with Gasteiger partial charge in [0.15, 0.2) is 0 Å². The van der Waals surface area contributed by atoms with Gasteiger partial charge in [-0.3, -0.25) is 0 Å². The Morgan fingerprint density at radius 3 is 2.09 bits per heavy atom. The summed E-state index contributed by atoms with van der Waals surface area (Å²) in [5.74, 6) is 0. The highest BCUT2D eigenvalue weighted by Gasteiger charge is 2.16. The average molecular weight is 355 g/mol. The largest absolute Gasteiger partial charge is 0.744 e. The van der Waals surface area contributed by atoms with Crippen LogP contribution in [-0.2, 0) is 20.2 Å². The van der Waals surface area contributed by atoms with Crippen molar-refractivity contribution in [3.05, 3.63) is 30.3 Å². The first kappa shape index (κ1) is 16.2. The van der Waals surface area contributed by atoms with E-state index in [-0.39, 0.29) is 10.8 Å². The zero-order valence-electron chi connectivity index (χ0n) is 11.9. The Morgan fingerprint density at radius 2 is 1.52 bits per heavy atom. The maximum absolute atomic E-state index is 11.4. The lowest BCUT2D eigenvalue weighted by Gasteiger charge is -2.20. The maximum atomic E-state index is 11.4. The van der Waals surface area contributed by atoms with Gasteiger partial charge in [0.2, 0.25) is 0 Å². The van der Waals surface area contributed by atoms with Crippen LogP contribution in [0.3, 0.4) is 0 Å². The molecule has 1 heterocycles. The lowest BCUT2D eigenvalue weighted by atomic mass is 10.1. The van der Waals surface area contributed by atoms with Crippen molar-refractivity contribution in [1.82, 2.24) is 0 Å². The van der Waals surface area contributed by atoms with E-state index in [1.54, 1.807) is 12.1 Å². The molecule has 0 spiro atoms. The molecule has 0 bridgehead atoms. The van der Waals surface area contributed by atoms with Crippen molar-refractivity contribution in [2.75, 3.05) is 18.0 Å². The molecule has 0 saturated carbocycles. The van der Waals surface area contributed by atoms with E-state index in [1.807, 2.05) is 0 Å². The fraction of sp³-hybridized carbons (Fsp3) is 0.286. The summed E-state index contributed by atoms with van der Waals surface area (Å²) < 4.78 is 67.9. The minimum atomic E-state index is -4.91. The zero-order chi connectivity index (χ0) is 16.8. The second-order valence-electron chi connectivity index (χ2n) is 5.43. The molecule has 1 aliphatic heterocycles. The van der Waals surface area contributed by atoms with E-state index in [4.69, 9.17) is 0 Å². The van der Waals surface area contributed by atoms with Gasteiger partial charge in [-0.2, -0.15) is 0 Å². The van der Waals surface area contributed by atoms with E-state index >= 15 is 0 Å². The molecule has 0 radical (unpaired) electrons. The Bertz CT molecular complexity index is 976. The Hall–Kier alpha value is -1.68. The van der Waals surface area contributed by atoms with Crippen LogP contribution in [0, 0.1) is 0 Å². The molecule has 0 aliphatic carbocycles. The van der Waals surface area contributed by atoms with Gasteiger partial charge in [-0.25, -0.2) is 16.8 Å². The van der Waals surface area contributed by atoms with Gasteiger partial charge in [0.1, 0.15) is 20.2 Å². The summed E-state index contributed by atoms with van der Waals surface area (Å²) in [5, 5.41) is 0.344. The third-order valence-corrected chi connectivity index (χ3v) is 5.59. The van der Waals surface area contributed by atoms with Crippen molar-refractivity contribution in [1.29, 1.82) is 0 Å². The summed E-state index contributed by atoms with van der Waals surface area (Å²) in [6.45, 7) is 1.69. The lowest BCUT2D eigenvalue weighted by molar-refractivity contribution is 0.462. The normalized spacial score (nSPS) is 16.2. The summed E-state index contributed by atoms with van der Waals surface area (Å²) in [4.78, 5) is 0.652. The van der Waals surface area contributed by atoms with Gasteiger partial charge < -0.3 is 14.0 Å². The van der Waals surface area contributed by atoms with Gasteiger partial charge in [0.25, 0.3) is 0 Å². The summed E-state index contributed by atoms with van der Waals surface area (Å²) in [5.41, 5.74) is 0.796. The van der Waals surface area contributed by atoms with E-state index in [1.165, 1.54) is 6.07 Å². The van der Waals surface area contributed by atoms with Crippen molar-refractivity contribution >= 4 is 36.7 Å². The number of benzene rings is 2. The highest BCUT2D eigenvalue weighted by atomic mass is 32.2. The van der Waals surface area contributed by atoms with E-state index < -0.39 is 30.0 Å². The number of fused-ring (bicyclic) bond motifs is 1. The van der Waals surface area contributed by atoms with Gasteiger partial charge in [-0.15, -0.1) is 0 Å². The molecule has 7 nitrogen and oxygen atoms in total. The van der Waals surface area contributed by atoms with Crippen LogP contribution in [0.2, 0.25) is 0 Å². The summed E-state index contributed by atoms with van der Waals surface area (Å²) >= 11 is 0. The molecule has 124 valence electrons. The Labute approximate surface area is 134 Å². The molecule has 0 N–H and O–H groups in total. The molecular weight excluding hydrogens is 342 g/mol. The number of hydrogen-bond donors (Lipinski definition) is 0. The van der Waals surface area contributed by atoms with Gasteiger partial charge in [-0.1, -0.05) is 6.07 Å². The van der Waals surface area contributed by atoms with Crippen LogP contribution >= 0.6 is 0 Å². The molecule has 1 fully saturated rings. The minimum absolute atomic E-state index is 0.107. The van der Waals surface area contributed by atoms with Crippen LogP contribution < -0.4 is 4.90 Å². The van der Waals surface area contributed by atoms with Crippen molar-refractivity contribution in [2.45, 2.75) is 22.6 Å². The molecule has 0 aromatic heterocycles. The average Bonchev–Trinajstić information content (AvgIpc) is 2.97. The molecule has 1 saturated heterocycles. The molecule has 3 rings (SSSR count). The summed E-state index contributed by atoms with van der Waals surface area (Å²) in [6.07, 6.45) is 2.07. The summed E-state index contributed by atoms with van der Waals surface area (Å²) in [6, 6.07) is 6.49. The lowest BCUT2D eigenvalue weighted by Crippen LogP contribution is -2.17. The molecule has 0 amide bonds. The Balaban J connectivity index is 2.29. The zero-order valence-corrected chi connectivity index (χ0v) is 13.6. The quantitative estimate of drug-likeness (QED) is 0.760. The minimum Gasteiger partial charge on any atom is -0.744 e. The van der Waals surface area contributed by atoms with Crippen LogP contribution in [0.15, 0.2) is 40.1 Å². The molecule has 2 aromatic rings. The molecular formula is C14H13NO6S2-2. The van der Waals surface area contributed by atoms with Crippen molar-refractivity contribution in [2.24, 2.45) is 0 Å². The molecule has 0 atom stereocenters. The van der Waals surface area contributed by atoms with Crippen molar-refractivity contribution < 1.29 is 25.9 Å². The Kier molecular flexibility index (Phi) is 3.83. The third kappa shape index (κ3) is 3.18. The SMILES string of the molecule is O=S(=O)([O-])c1cc(S(=O)(=O)[O-])c2ccc(N3CCCC3)cc2c1. The van der Waals surface area contributed by atoms with Crippen LogP contribution in [0.4, 0.5) is 5.69 Å². The predicted octanol–water partition coefficient (Wildman–Crippen LogP) is 1.25. The molecule has 1 aliphatic rings. The van der Waals surface area contributed by atoms with E-state index in [9.17, 15) is 25.9 Å². The van der Waals surface area contributed by atoms with Crippen LogP contribution in [0.5, 0.6) is 0 Å².